The van der Waals surface area contributed by atoms with Crippen LogP contribution in [0.1, 0.15) is 7.77 Å². The van der Waals surface area contributed by atoms with Crippen molar-refractivity contribution in [2.45, 2.75) is 6.40 Å². The van der Waals surface area contributed by atoms with Crippen molar-refractivity contribution in [3.63, 3.8) is 0 Å². The zero-order valence-corrected chi connectivity index (χ0v) is 3.18. The van der Waals surface area contributed by atoms with Gasteiger partial charge in [0, 0.05) is 7.32 Å². The molecule has 2 heteroatoms. The van der Waals surface area contributed by atoms with Crippen LogP contribution in [0.15, 0.2) is 12.0 Å². The van der Waals surface area contributed by atoms with Crippen molar-refractivity contribution in [3.8, 4) is 0 Å². The van der Waals surface area contributed by atoms with Crippen LogP contribution in [0.2, 0.25) is 0 Å². The van der Waals surface area contributed by atoms with E-state index in [9.17, 15) is 5.11 Å². The van der Waals surface area contributed by atoms with Gasteiger partial charge in [-0.15, -0.1) is 0 Å². The second kappa shape index (κ2) is 1.20. The summed E-state index contributed by atoms with van der Waals surface area (Å²) in [5.74, 6) is -0.361. The Labute approximate surface area is 37.5 Å². The van der Waals surface area contributed by atoms with Crippen molar-refractivity contribution in [3.05, 3.63) is 12.0 Å². The van der Waals surface area contributed by atoms with Gasteiger partial charge in [0.15, 0.2) is 0 Å². The van der Waals surface area contributed by atoms with Crippen LogP contribution in [0.4, 0.5) is 0 Å². The quantitative estimate of drug-likeness (QED) is 0.402. The SMILES string of the molecule is [2H]C1C=C([O-])OC1. The highest BCUT2D eigenvalue weighted by atomic mass is 16.6. The molecule has 0 amide bonds. The first-order valence-electron chi connectivity index (χ1n) is 2.30. The third-order valence-corrected chi connectivity index (χ3v) is 0.576. The van der Waals surface area contributed by atoms with Gasteiger partial charge < -0.3 is 9.84 Å². The summed E-state index contributed by atoms with van der Waals surface area (Å²) in [5.41, 5.74) is 0. The molecule has 2 nitrogen and oxygen atoms in total. The third kappa shape index (κ3) is 0.455. The first-order chi connectivity index (χ1) is 3.29. The van der Waals surface area contributed by atoms with Crippen LogP contribution >= 0.6 is 0 Å². The van der Waals surface area contributed by atoms with E-state index < -0.39 is 6.40 Å². The van der Waals surface area contributed by atoms with E-state index in [0.717, 1.165) is 0 Å². The summed E-state index contributed by atoms with van der Waals surface area (Å²) in [5, 5.41) is 10.1. The first-order valence-corrected chi connectivity index (χ1v) is 1.73. The Hall–Kier alpha value is -0.660. The second-order valence-corrected chi connectivity index (χ2v) is 1.03. The van der Waals surface area contributed by atoms with Crippen molar-refractivity contribution < 1.29 is 11.2 Å². The molecule has 34 valence electrons. The standard InChI is InChI=1S/C4H6O2/c5-4-2-1-3-6-4/h2,5H,1,3H2/p-1/i1D. The van der Waals surface area contributed by atoms with E-state index in [2.05, 4.69) is 4.74 Å². The molecule has 0 N–H and O–H groups in total. The van der Waals surface area contributed by atoms with Gasteiger partial charge in [0.1, 0.15) is 0 Å². The van der Waals surface area contributed by atoms with Crippen molar-refractivity contribution in [1.82, 2.24) is 0 Å². The lowest BCUT2D eigenvalue weighted by atomic mass is 10.5. The Morgan fingerprint density at radius 3 is 3.17 bits per heavy atom. The molecule has 1 aliphatic rings. The minimum Gasteiger partial charge on any atom is -0.613 e. The van der Waals surface area contributed by atoms with Crippen LogP contribution in [-0.2, 0) is 4.74 Å². The molecule has 1 atom stereocenters. The van der Waals surface area contributed by atoms with E-state index in [-0.39, 0.29) is 12.6 Å². The first kappa shape index (κ1) is 2.50. The molecular formula is C4H5O2-. The molecule has 0 saturated carbocycles. The van der Waals surface area contributed by atoms with Gasteiger partial charge in [-0.2, -0.15) is 0 Å². The van der Waals surface area contributed by atoms with Crippen LogP contribution in [0.3, 0.4) is 0 Å². The molecule has 1 rings (SSSR count). The highest BCUT2D eigenvalue weighted by molar-refractivity contribution is 4.84. The van der Waals surface area contributed by atoms with Crippen molar-refractivity contribution >= 4 is 0 Å². The third-order valence-electron chi connectivity index (χ3n) is 0.576. The summed E-state index contributed by atoms with van der Waals surface area (Å²) in [6.07, 6.45) is 0.826. The van der Waals surface area contributed by atoms with E-state index in [1.54, 1.807) is 0 Å². The smallest absolute Gasteiger partial charge is 0.0471 e. The van der Waals surface area contributed by atoms with Crippen molar-refractivity contribution in [2.75, 3.05) is 6.61 Å². The molecular weight excluding hydrogens is 80.0 g/mol. The molecule has 6 heavy (non-hydrogen) atoms. The Kier molecular flexibility index (Phi) is 0.502. The van der Waals surface area contributed by atoms with Crippen LogP contribution in [0.5, 0.6) is 0 Å². The molecule has 0 aromatic heterocycles. The summed E-state index contributed by atoms with van der Waals surface area (Å²) in [4.78, 5) is 0. The molecule has 0 aromatic rings. The zero-order chi connectivity index (χ0) is 5.28. The molecule has 0 saturated heterocycles. The Morgan fingerprint density at radius 2 is 3.00 bits per heavy atom. The Morgan fingerprint density at radius 1 is 2.17 bits per heavy atom. The van der Waals surface area contributed by atoms with E-state index >= 15 is 0 Å². The lowest BCUT2D eigenvalue weighted by molar-refractivity contribution is -0.352. The van der Waals surface area contributed by atoms with Gasteiger partial charge >= 0.3 is 0 Å². The zero-order valence-electron chi connectivity index (χ0n) is 4.18. The number of rotatable bonds is 0. The molecule has 1 unspecified atom stereocenters. The minimum absolute atomic E-state index is 0.235. The van der Waals surface area contributed by atoms with Crippen LogP contribution in [0, 0.1) is 0 Å². The number of hydrogen-bond donors (Lipinski definition) is 0. The number of hydrogen-bond acceptors (Lipinski definition) is 2. The average Bonchev–Trinajstić information content (AvgIpc) is 1.87. The van der Waals surface area contributed by atoms with Gasteiger partial charge in [-0.25, -0.2) is 0 Å². The molecule has 1 aliphatic heterocycles. The highest BCUT2D eigenvalue weighted by Crippen LogP contribution is 1.99. The summed E-state index contributed by atoms with van der Waals surface area (Å²) >= 11 is 0. The fourth-order valence-electron chi connectivity index (χ4n) is 0.323. The predicted octanol–water partition coefficient (Wildman–Crippen LogP) is -0.392. The fraction of sp³-hybridized carbons (Fsp3) is 0.500. The summed E-state index contributed by atoms with van der Waals surface area (Å²) < 4.78 is 11.2. The average molecular weight is 86.1 g/mol. The van der Waals surface area contributed by atoms with Gasteiger partial charge in [-0.1, -0.05) is 6.08 Å². The Bertz CT molecular complexity index is 99.9. The van der Waals surface area contributed by atoms with Crippen molar-refractivity contribution in [1.29, 1.82) is 0 Å². The predicted molar refractivity (Wildman–Crippen MR) is 18.7 cm³/mol. The fourth-order valence-corrected chi connectivity index (χ4v) is 0.323. The Balaban J connectivity index is 2.50. The minimum atomic E-state index is -0.424. The van der Waals surface area contributed by atoms with Gasteiger partial charge in [-0.05, 0) is 13.0 Å². The monoisotopic (exact) mass is 86.0 g/mol. The van der Waals surface area contributed by atoms with Crippen LogP contribution in [-0.4, -0.2) is 6.61 Å². The maximum absolute atomic E-state index is 10.1. The van der Waals surface area contributed by atoms with Gasteiger partial charge in [0.2, 0.25) is 0 Å². The van der Waals surface area contributed by atoms with E-state index in [1.807, 2.05) is 0 Å². The lowest BCUT2D eigenvalue weighted by Crippen LogP contribution is -2.01. The summed E-state index contributed by atoms with van der Waals surface area (Å²) in [6, 6.07) is 0. The largest absolute Gasteiger partial charge is 0.613 e. The topological polar surface area (TPSA) is 32.3 Å². The van der Waals surface area contributed by atoms with E-state index in [4.69, 9.17) is 1.37 Å². The molecule has 0 radical (unpaired) electrons. The van der Waals surface area contributed by atoms with E-state index in [1.165, 1.54) is 6.08 Å². The molecule has 0 bridgehead atoms. The molecule has 1 heterocycles. The molecule has 0 aliphatic carbocycles. The van der Waals surface area contributed by atoms with Gasteiger partial charge in [-0.3, -0.25) is 0 Å². The maximum Gasteiger partial charge on any atom is 0.0471 e. The maximum atomic E-state index is 10.1. The number of ether oxygens (including phenoxy) is 1. The second-order valence-electron chi connectivity index (χ2n) is 1.03. The molecule has 0 fully saturated rings. The van der Waals surface area contributed by atoms with Crippen LogP contribution < -0.4 is 5.11 Å². The van der Waals surface area contributed by atoms with Gasteiger partial charge in [0.25, 0.3) is 0 Å². The lowest BCUT2D eigenvalue weighted by Gasteiger charge is -2.02. The summed E-state index contributed by atoms with van der Waals surface area (Å²) in [7, 11) is 0. The normalized spacial score (nSPS) is 34.3. The van der Waals surface area contributed by atoms with Crippen LogP contribution in [0.25, 0.3) is 0 Å². The van der Waals surface area contributed by atoms with Crippen molar-refractivity contribution in [2.24, 2.45) is 0 Å². The highest BCUT2D eigenvalue weighted by Gasteiger charge is 1.86. The summed E-state index contributed by atoms with van der Waals surface area (Å²) in [6.45, 7) is 0.235. The molecule has 0 spiro atoms. The van der Waals surface area contributed by atoms with E-state index in [0.29, 0.717) is 0 Å². The van der Waals surface area contributed by atoms with Gasteiger partial charge in [0.05, 0.1) is 0 Å². The molecule has 0 aromatic carbocycles.